The number of halogens is 3. The number of aromatic nitrogens is 1. The summed E-state index contributed by atoms with van der Waals surface area (Å²) < 4.78 is 43.7. The van der Waals surface area contributed by atoms with E-state index in [2.05, 4.69) is 15.3 Å². The zero-order valence-electron chi connectivity index (χ0n) is 19.2. The van der Waals surface area contributed by atoms with E-state index in [9.17, 15) is 18.7 Å². The van der Waals surface area contributed by atoms with Gasteiger partial charge in [0.05, 0.1) is 29.3 Å². The maximum absolute atomic E-state index is 15.4. The van der Waals surface area contributed by atoms with Gasteiger partial charge in [0.1, 0.15) is 17.3 Å². The molecule has 0 saturated carbocycles. The first-order valence-electron chi connectivity index (χ1n) is 11.1. The Morgan fingerprint density at radius 1 is 1.06 bits per heavy atom. The van der Waals surface area contributed by atoms with Gasteiger partial charge in [-0.15, -0.1) is 0 Å². The summed E-state index contributed by atoms with van der Waals surface area (Å²) in [7, 11) is 0. The Bertz CT molecular complexity index is 1300. The molecule has 0 aliphatic carbocycles. The molecule has 2 N–H and O–H groups in total. The molecule has 0 unspecified atom stereocenters. The molecular formula is C27H24F3N3O2. The Kier molecular flexibility index (Phi) is 6.84. The number of allylic oxidation sites excluding steroid dienone is 1. The molecule has 3 aromatic rings. The summed E-state index contributed by atoms with van der Waals surface area (Å²) in [5.74, 6) is -2.73. The van der Waals surface area contributed by atoms with Gasteiger partial charge < -0.3 is 10.4 Å². The number of carbonyl (C=O) groups excluding carboxylic acids is 1. The fourth-order valence-corrected chi connectivity index (χ4v) is 3.89. The van der Waals surface area contributed by atoms with Crippen LogP contribution < -0.4 is 5.32 Å². The van der Waals surface area contributed by atoms with Crippen molar-refractivity contribution >= 4 is 17.2 Å². The Balaban J connectivity index is 1.66. The van der Waals surface area contributed by atoms with Crippen molar-refractivity contribution in [2.75, 3.05) is 6.54 Å². The third-order valence-corrected chi connectivity index (χ3v) is 5.85. The van der Waals surface area contributed by atoms with Crippen LogP contribution in [0.1, 0.15) is 41.0 Å². The second-order valence-electron chi connectivity index (χ2n) is 8.83. The zero-order valence-corrected chi connectivity index (χ0v) is 19.2. The Morgan fingerprint density at radius 3 is 2.46 bits per heavy atom. The van der Waals surface area contributed by atoms with E-state index in [0.717, 1.165) is 6.07 Å². The molecule has 1 atom stereocenters. The van der Waals surface area contributed by atoms with Gasteiger partial charge in [0, 0.05) is 23.9 Å². The van der Waals surface area contributed by atoms with Crippen molar-refractivity contribution < 1.29 is 23.1 Å². The fourth-order valence-electron chi connectivity index (χ4n) is 3.89. The number of nitrogens with zero attached hydrogens (tertiary/aromatic N) is 2. The van der Waals surface area contributed by atoms with E-state index >= 15 is 4.39 Å². The van der Waals surface area contributed by atoms with E-state index in [1.165, 1.54) is 36.4 Å². The average Bonchev–Trinajstić information content (AvgIpc) is 3.19. The highest BCUT2D eigenvalue weighted by Gasteiger charge is 2.32. The van der Waals surface area contributed by atoms with E-state index in [-0.39, 0.29) is 35.4 Å². The molecule has 1 amide bonds. The average molecular weight is 480 g/mol. The second kappa shape index (κ2) is 9.84. The lowest BCUT2D eigenvalue weighted by molar-refractivity contribution is 0.0347. The Hall–Kier alpha value is -3.78. The van der Waals surface area contributed by atoms with Crippen LogP contribution in [-0.2, 0) is 6.42 Å². The summed E-state index contributed by atoms with van der Waals surface area (Å²) >= 11 is 0. The number of nitrogens with one attached hydrogen (secondary N) is 1. The third kappa shape index (κ3) is 5.33. The number of aliphatic imine (C=N–C) groups is 1. The van der Waals surface area contributed by atoms with Crippen LogP contribution in [0.15, 0.2) is 77.7 Å². The van der Waals surface area contributed by atoms with Gasteiger partial charge in [0.2, 0.25) is 0 Å². The lowest BCUT2D eigenvalue weighted by atomic mass is 9.93. The summed E-state index contributed by atoms with van der Waals surface area (Å²) in [6.45, 7) is 3.02. The predicted molar refractivity (Wildman–Crippen MR) is 128 cm³/mol. The quantitative estimate of drug-likeness (QED) is 0.518. The molecule has 0 bridgehead atoms. The molecular weight excluding hydrogens is 455 g/mol. The van der Waals surface area contributed by atoms with Gasteiger partial charge in [-0.2, -0.15) is 0 Å². The molecule has 35 heavy (non-hydrogen) atoms. The van der Waals surface area contributed by atoms with Crippen LogP contribution in [0.5, 0.6) is 0 Å². The number of hydrogen-bond acceptors (Lipinski definition) is 4. The molecule has 5 nitrogen and oxygen atoms in total. The molecule has 0 spiro atoms. The molecule has 0 saturated heterocycles. The maximum Gasteiger partial charge on any atom is 0.252 e. The molecule has 1 aliphatic heterocycles. The number of hydrogen-bond donors (Lipinski definition) is 2. The summed E-state index contributed by atoms with van der Waals surface area (Å²) in [6, 6.07) is 13.6. The molecule has 1 aromatic heterocycles. The van der Waals surface area contributed by atoms with E-state index in [1.54, 1.807) is 38.2 Å². The van der Waals surface area contributed by atoms with E-state index in [0.29, 0.717) is 11.3 Å². The van der Waals surface area contributed by atoms with Crippen LogP contribution in [0, 0.1) is 11.6 Å². The number of pyridine rings is 1. The molecule has 2 heterocycles. The number of carbonyl (C=O) groups is 1. The topological polar surface area (TPSA) is 74.6 Å². The number of amides is 1. The van der Waals surface area contributed by atoms with Crippen molar-refractivity contribution in [2.45, 2.75) is 31.9 Å². The van der Waals surface area contributed by atoms with Crippen molar-refractivity contribution in [3.63, 3.8) is 0 Å². The van der Waals surface area contributed by atoms with Gasteiger partial charge in [0.25, 0.3) is 5.91 Å². The SMILES string of the molecule is CC(C)(O)[C@@H](Cc1ccccn1)NC(=O)c1cccc(F)c1C1=NCC(c2ccc(F)cc2)=C1F. The van der Waals surface area contributed by atoms with Gasteiger partial charge in [0.15, 0.2) is 5.83 Å². The predicted octanol–water partition coefficient (Wildman–Crippen LogP) is 4.66. The van der Waals surface area contributed by atoms with Crippen LogP contribution in [-0.4, -0.2) is 39.9 Å². The molecule has 1 aliphatic rings. The first kappa shape index (κ1) is 24.3. The number of aliphatic hydroxyl groups is 1. The monoisotopic (exact) mass is 479 g/mol. The fraction of sp³-hybridized carbons (Fsp3) is 0.222. The molecule has 4 rings (SSSR count). The largest absolute Gasteiger partial charge is 0.388 e. The van der Waals surface area contributed by atoms with Crippen LogP contribution in [0.4, 0.5) is 13.2 Å². The van der Waals surface area contributed by atoms with Gasteiger partial charge in [-0.25, -0.2) is 13.2 Å². The van der Waals surface area contributed by atoms with Crippen molar-refractivity contribution in [3.05, 3.63) is 107 Å². The molecule has 0 fully saturated rings. The lowest BCUT2D eigenvalue weighted by Gasteiger charge is -2.30. The minimum absolute atomic E-state index is 0.0752. The summed E-state index contributed by atoms with van der Waals surface area (Å²) in [6.07, 6.45) is 1.83. The molecule has 180 valence electrons. The molecule has 2 aromatic carbocycles. The highest BCUT2D eigenvalue weighted by Crippen LogP contribution is 2.31. The zero-order chi connectivity index (χ0) is 25.2. The summed E-state index contributed by atoms with van der Waals surface area (Å²) in [5, 5.41) is 13.4. The lowest BCUT2D eigenvalue weighted by Crippen LogP contribution is -2.51. The molecule has 8 heteroatoms. The molecule has 0 radical (unpaired) electrons. The highest BCUT2D eigenvalue weighted by atomic mass is 19.1. The smallest absolute Gasteiger partial charge is 0.252 e. The third-order valence-electron chi connectivity index (χ3n) is 5.85. The van der Waals surface area contributed by atoms with E-state index < -0.39 is 35.0 Å². The van der Waals surface area contributed by atoms with Crippen molar-refractivity contribution in [3.8, 4) is 0 Å². The van der Waals surface area contributed by atoms with Gasteiger partial charge in [-0.3, -0.25) is 14.8 Å². The number of rotatable bonds is 7. The standard InChI is InChI=1S/C27H24F3N3O2/c1-27(2,35)22(14-18-6-3-4-13-31-18)33-26(34)19-7-5-8-21(29)23(19)25-24(30)20(15-32-25)16-9-11-17(28)12-10-16/h3-13,22,35H,14-15H2,1-2H3,(H,33,34)/t22-/m1/s1. The van der Waals surface area contributed by atoms with Crippen molar-refractivity contribution in [1.82, 2.24) is 10.3 Å². The second-order valence-corrected chi connectivity index (χ2v) is 8.83. The summed E-state index contributed by atoms with van der Waals surface area (Å²) in [4.78, 5) is 21.7. The van der Waals surface area contributed by atoms with E-state index in [1.807, 2.05) is 0 Å². The minimum atomic E-state index is -1.33. The van der Waals surface area contributed by atoms with Gasteiger partial charge in [-0.1, -0.05) is 24.3 Å². The van der Waals surface area contributed by atoms with Crippen LogP contribution in [0.2, 0.25) is 0 Å². The summed E-state index contributed by atoms with van der Waals surface area (Å²) in [5.41, 5.74) is -0.746. The van der Waals surface area contributed by atoms with E-state index in [4.69, 9.17) is 0 Å². The Morgan fingerprint density at radius 2 is 1.80 bits per heavy atom. The number of benzene rings is 2. The first-order valence-corrected chi connectivity index (χ1v) is 11.1. The van der Waals surface area contributed by atoms with Gasteiger partial charge >= 0.3 is 0 Å². The van der Waals surface area contributed by atoms with Crippen LogP contribution in [0.3, 0.4) is 0 Å². The first-order chi connectivity index (χ1) is 16.6. The van der Waals surface area contributed by atoms with Crippen LogP contribution >= 0.6 is 0 Å². The van der Waals surface area contributed by atoms with Crippen LogP contribution in [0.25, 0.3) is 5.57 Å². The highest BCUT2D eigenvalue weighted by molar-refractivity contribution is 6.21. The van der Waals surface area contributed by atoms with Gasteiger partial charge in [-0.05, 0) is 55.8 Å². The Labute approximate surface area is 201 Å². The maximum atomic E-state index is 15.4. The van der Waals surface area contributed by atoms with Crippen molar-refractivity contribution in [2.24, 2.45) is 4.99 Å². The van der Waals surface area contributed by atoms with Crippen molar-refractivity contribution in [1.29, 1.82) is 0 Å². The minimum Gasteiger partial charge on any atom is -0.388 e. The normalized spacial score (nSPS) is 14.6.